The number of unbranched alkanes of at least 4 members (excludes halogenated alkanes) is 3. The highest BCUT2D eigenvalue weighted by molar-refractivity contribution is 6.74. The molecule has 234 valence electrons. The third-order valence-electron chi connectivity index (χ3n) is 8.50. The van der Waals surface area contributed by atoms with E-state index in [0.717, 1.165) is 51.4 Å². The molecule has 0 aromatic heterocycles. The van der Waals surface area contributed by atoms with Crippen LogP contribution in [0.2, 0.25) is 18.1 Å². The number of ether oxygens (including phenoxy) is 5. The standard InChI is InChI=1S/C32H66O6Si/c1-13-17-21-33-28-25(6)36-31(30(35-23-19-15-3)29(28)34-22-18-14-2)37-27(24(5)20-16-4)26(7)38-39(11,12)32(8,9)10/h24-31H,13-23H2,1-12H3/t24?,25?,26?,27?,28-,29?,30?,31+/m1/s1. The molecule has 0 amide bonds. The van der Waals surface area contributed by atoms with Crippen molar-refractivity contribution in [2.45, 2.75) is 182 Å². The topological polar surface area (TPSA) is 55.4 Å². The molecular weight excluding hydrogens is 508 g/mol. The first-order valence-electron chi connectivity index (χ1n) is 16.2. The first kappa shape index (κ1) is 37.0. The molecule has 1 aliphatic heterocycles. The molecule has 0 aliphatic carbocycles. The van der Waals surface area contributed by atoms with Gasteiger partial charge in [-0.3, -0.25) is 0 Å². The summed E-state index contributed by atoms with van der Waals surface area (Å²) in [6, 6.07) is 0. The van der Waals surface area contributed by atoms with Gasteiger partial charge in [0.05, 0.1) is 18.3 Å². The second kappa shape index (κ2) is 18.5. The maximum atomic E-state index is 6.96. The second-order valence-corrected chi connectivity index (χ2v) is 18.0. The highest BCUT2D eigenvalue weighted by atomic mass is 28.4. The van der Waals surface area contributed by atoms with Crippen molar-refractivity contribution in [1.82, 2.24) is 0 Å². The quantitative estimate of drug-likeness (QED) is 0.107. The molecule has 6 nitrogen and oxygen atoms in total. The second-order valence-electron chi connectivity index (χ2n) is 13.2. The van der Waals surface area contributed by atoms with E-state index >= 15 is 0 Å². The predicted octanol–water partition coefficient (Wildman–Crippen LogP) is 8.52. The predicted molar refractivity (Wildman–Crippen MR) is 165 cm³/mol. The molecule has 39 heavy (non-hydrogen) atoms. The molecular formula is C32H66O6Si. The summed E-state index contributed by atoms with van der Waals surface area (Å²) in [5, 5.41) is 0.128. The van der Waals surface area contributed by atoms with Gasteiger partial charge >= 0.3 is 0 Å². The van der Waals surface area contributed by atoms with Crippen LogP contribution in [0.5, 0.6) is 0 Å². The summed E-state index contributed by atoms with van der Waals surface area (Å²) >= 11 is 0. The normalized spacial score (nSPS) is 26.9. The summed E-state index contributed by atoms with van der Waals surface area (Å²) in [4.78, 5) is 0. The van der Waals surface area contributed by atoms with E-state index in [1.807, 2.05) is 0 Å². The molecule has 1 fully saturated rings. The average Bonchev–Trinajstić information content (AvgIpc) is 2.84. The van der Waals surface area contributed by atoms with Crippen LogP contribution in [0.1, 0.15) is 121 Å². The number of hydrogen-bond acceptors (Lipinski definition) is 6. The molecule has 7 heteroatoms. The summed E-state index contributed by atoms with van der Waals surface area (Å²) in [5.41, 5.74) is 0. The molecule has 0 saturated carbocycles. The molecule has 8 atom stereocenters. The van der Waals surface area contributed by atoms with Crippen LogP contribution in [0.15, 0.2) is 0 Å². The van der Waals surface area contributed by atoms with E-state index in [9.17, 15) is 0 Å². The van der Waals surface area contributed by atoms with Crippen molar-refractivity contribution in [3.8, 4) is 0 Å². The minimum Gasteiger partial charge on any atom is -0.412 e. The number of hydrogen-bond donors (Lipinski definition) is 0. The van der Waals surface area contributed by atoms with Crippen molar-refractivity contribution in [1.29, 1.82) is 0 Å². The van der Waals surface area contributed by atoms with E-state index in [-0.39, 0.29) is 41.7 Å². The Labute approximate surface area is 243 Å². The SMILES string of the molecule is CCCCOC1C(OCCCC)[C@H](OCCCC)C(C)O[C@H]1OC(C(C)CCC)C(C)O[Si](C)(C)C(C)(C)C. The molecule has 0 bridgehead atoms. The molecule has 1 heterocycles. The smallest absolute Gasteiger partial charge is 0.192 e. The van der Waals surface area contributed by atoms with E-state index in [1.54, 1.807) is 0 Å². The van der Waals surface area contributed by atoms with E-state index in [2.05, 4.69) is 82.3 Å². The lowest BCUT2D eigenvalue weighted by Crippen LogP contribution is -2.61. The molecule has 0 aromatic carbocycles. The van der Waals surface area contributed by atoms with Crippen LogP contribution in [-0.2, 0) is 28.1 Å². The third-order valence-corrected chi connectivity index (χ3v) is 13.1. The Morgan fingerprint density at radius 3 is 1.69 bits per heavy atom. The van der Waals surface area contributed by atoms with Crippen molar-refractivity contribution in [3.05, 3.63) is 0 Å². The first-order chi connectivity index (χ1) is 18.3. The van der Waals surface area contributed by atoms with Gasteiger partial charge < -0.3 is 28.1 Å². The summed E-state index contributed by atoms with van der Waals surface area (Å²) in [7, 11) is -1.98. The van der Waals surface area contributed by atoms with E-state index in [4.69, 9.17) is 28.1 Å². The van der Waals surface area contributed by atoms with Gasteiger partial charge in [-0.05, 0) is 63.6 Å². The zero-order chi connectivity index (χ0) is 29.6. The molecule has 1 saturated heterocycles. The van der Waals surface area contributed by atoms with Crippen molar-refractivity contribution >= 4 is 8.32 Å². The molecule has 0 radical (unpaired) electrons. The monoisotopic (exact) mass is 574 g/mol. The number of rotatable bonds is 20. The van der Waals surface area contributed by atoms with E-state index in [1.165, 1.54) is 0 Å². The average molecular weight is 575 g/mol. The highest BCUT2D eigenvalue weighted by Crippen LogP contribution is 2.39. The van der Waals surface area contributed by atoms with Crippen LogP contribution in [0.25, 0.3) is 0 Å². The molecule has 6 unspecified atom stereocenters. The van der Waals surface area contributed by atoms with Gasteiger partial charge in [-0.25, -0.2) is 0 Å². The van der Waals surface area contributed by atoms with Gasteiger partial charge in [0.15, 0.2) is 14.6 Å². The summed E-state index contributed by atoms with van der Waals surface area (Å²) < 4.78 is 40.0. The summed E-state index contributed by atoms with van der Waals surface area (Å²) in [5.74, 6) is 0.322. The zero-order valence-electron chi connectivity index (χ0n) is 27.8. The fourth-order valence-corrected chi connectivity index (χ4v) is 6.38. The molecule has 0 spiro atoms. The fraction of sp³-hybridized carbons (Fsp3) is 1.00. The Balaban J connectivity index is 3.32. The van der Waals surface area contributed by atoms with Crippen molar-refractivity contribution < 1.29 is 28.1 Å². The van der Waals surface area contributed by atoms with Gasteiger partial charge in [0, 0.05) is 19.8 Å². The molecule has 0 N–H and O–H groups in total. The van der Waals surface area contributed by atoms with Crippen LogP contribution in [0, 0.1) is 5.92 Å². The van der Waals surface area contributed by atoms with Crippen LogP contribution in [-0.4, -0.2) is 71.1 Å². The molecule has 1 aliphatic rings. The molecule has 0 aromatic rings. The highest BCUT2D eigenvalue weighted by Gasteiger charge is 2.49. The van der Waals surface area contributed by atoms with Crippen molar-refractivity contribution in [2.24, 2.45) is 5.92 Å². The third kappa shape index (κ3) is 12.0. The lowest BCUT2D eigenvalue weighted by atomic mass is 9.94. The Hall–Kier alpha value is -0.0231. The summed E-state index contributed by atoms with van der Waals surface area (Å²) in [6.07, 6.45) is 6.78. The van der Waals surface area contributed by atoms with E-state index in [0.29, 0.717) is 25.7 Å². The largest absolute Gasteiger partial charge is 0.412 e. The van der Waals surface area contributed by atoms with Crippen LogP contribution in [0.4, 0.5) is 0 Å². The zero-order valence-corrected chi connectivity index (χ0v) is 28.8. The minimum atomic E-state index is -1.98. The van der Waals surface area contributed by atoms with Gasteiger partial charge in [-0.1, -0.05) is 81.1 Å². The Morgan fingerprint density at radius 1 is 0.744 bits per heavy atom. The van der Waals surface area contributed by atoms with E-state index < -0.39 is 14.6 Å². The van der Waals surface area contributed by atoms with Gasteiger partial charge in [-0.15, -0.1) is 0 Å². The first-order valence-corrected chi connectivity index (χ1v) is 19.1. The van der Waals surface area contributed by atoms with Gasteiger partial charge in [0.1, 0.15) is 18.3 Å². The van der Waals surface area contributed by atoms with Crippen molar-refractivity contribution in [3.63, 3.8) is 0 Å². The minimum absolute atomic E-state index is 0.0550. The Morgan fingerprint density at radius 2 is 1.23 bits per heavy atom. The van der Waals surface area contributed by atoms with Gasteiger partial charge in [0.25, 0.3) is 0 Å². The lowest BCUT2D eigenvalue weighted by Gasteiger charge is -2.47. The fourth-order valence-electron chi connectivity index (χ4n) is 4.96. The van der Waals surface area contributed by atoms with Crippen LogP contribution < -0.4 is 0 Å². The molecule has 1 rings (SSSR count). The van der Waals surface area contributed by atoms with Gasteiger partial charge in [0.2, 0.25) is 0 Å². The maximum Gasteiger partial charge on any atom is 0.192 e. The Bertz CT molecular complexity index is 624. The van der Waals surface area contributed by atoms with Crippen molar-refractivity contribution in [2.75, 3.05) is 19.8 Å². The van der Waals surface area contributed by atoms with Gasteiger partial charge in [-0.2, -0.15) is 0 Å². The summed E-state index contributed by atoms with van der Waals surface area (Å²) in [6.45, 7) is 28.9. The van der Waals surface area contributed by atoms with Crippen LogP contribution >= 0.6 is 0 Å². The van der Waals surface area contributed by atoms with Crippen LogP contribution in [0.3, 0.4) is 0 Å². The lowest BCUT2D eigenvalue weighted by molar-refractivity contribution is -0.331. The maximum absolute atomic E-state index is 6.96. The Kier molecular flexibility index (Phi) is 17.6.